The van der Waals surface area contributed by atoms with Gasteiger partial charge in [-0.25, -0.2) is 0 Å². The van der Waals surface area contributed by atoms with Crippen molar-refractivity contribution in [2.24, 2.45) is 5.92 Å². The zero-order chi connectivity index (χ0) is 12.2. The van der Waals surface area contributed by atoms with Gasteiger partial charge in [-0.2, -0.15) is 15.0 Å². The lowest BCUT2D eigenvalue weighted by Gasteiger charge is -2.25. The lowest BCUT2D eigenvalue weighted by Crippen LogP contribution is -2.27. The molecule has 0 atom stereocenters. The summed E-state index contributed by atoms with van der Waals surface area (Å²) in [5, 5.41) is 12.2. The molecule has 1 aliphatic rings. The predicted octanol–water partition coefficient (Wildman–Crippen LogP) is 2.16. The molecule has 1 saturated carbocycles. The number of benzene rings is 1. The fourth-order valence-electron chi connectivity index (χ4n) is 2.16. The van der Waals surface area contributed by atoms with Crippen molar-refractivity contribution in [3.8, 4) is 5.69 Å². The van der Waals surface area contributed by atoms with E-state index in [1.807, 2.05) is 36.5 Å². The Kier molecular flexibility index (Phi) is 3.37. The van der Waals surface area contributed by atoms with E-state index in [9.17, 15) is 0 Å². The van der Waals surface area contributed by atoms with Gasteiger partial charge >= 0.3 is 0 Å². The van der Waals surface area contributed by atoms with Crippen molar-refractivity contribution in [1.29, 1.82) is 0 Å². The van der Waals surface area contributed by atoms with Crippen molar-refractivity contribution in [3.05, 3.63) is 42.2 Å². The highest BCUT2D eigenvalue weighted by Crippen LogP contribution is 2.25. The molecule has 0 radical (unpaired) electrons. The molecular formula is C14H18N4. The molecule has 1 aliphatic carbocycles. The molecule has 4 nitrogen and oxygen atoms in total. The molecule has 4 heteroatoms. The van der Waals surface area contributed by atoms with Gasteiger partial charge in [0.25, 0.3) is 0 Å². The van der Waals surface area contributed by atoms with Crippen molar-refractivity contribution in [2.75, 3.05) is 6.54 Å². The lowest BCUT2D eigenvalue weighted by molar-refractivity contribution is 0.301. The van der Waals surface area contributed by atoms with E-state index >= 15 is 0 Å². The maximum Gasteiger partial charge on any atom is 0.0969 e. The van der Waals surface area contributed by atoms with Crippen LogP contribution in [0, 0.1) is 5.92 Å². The Morgan fingerprint density at radius 1 is 1.22 bits per heavy atom. The van der Waals surface area contributed by atoms with E-state index in [0.29, 0.717) is 0 Å². The van der Waals surface area contributed by atoms with Crippen molar-refractivity contribution in [2.45, 2.75) is 25.8 Å². The molecule has 0 bridgehead atoms. The van der Waals surface area contributed by atoms with Gasteiger partial charge in [0.2, 0.25) is 0 Å². The van der Waals surface area contributed by atoms with Crippen LogP contribution < -0.4 is 5.32 Å². The van der Waals surface area contributed by atoms with Crippen molar-refractivity contribution in [1.82, 2.24) is 20.3 Å². The van der Waals surface area contributed by atoms with Gasteiger partial charge in [-0.05, 0) is 37.4 Å². The van der Waals surface area contributed by atoms with Crippen LogP contribution in [0.2, 0.25) is 0 Å². The minimum Gasteiger partial charge on any atom is -0.311 e. The third-order valence-corrected chi connectivity index (χ3v) is 3.49. The number of hydrogen-bond acceptors (Lipinski definition) is 3. The van der Waals surface area contributed by atoms with Crippen LogP contribution in [0.4, 0.5) is 0 Å². The number of para-hydroxylation sites is 1. The molecule has 0 unspecified atom stereocenters. The van der Waals surface area contributed by atoms with Gasteiger partial charge in [0.15, 0.2) is 0 Å². The molecule has 2 aromatic rings. The molecule has 1 N–H and O–H groups in total. The van der Waals surface area contributed by atoms with Gasteiger partial charge in [-0.3, -0.25) is 0 Å². The number of nitrogens with one attached hydrogen (secondary N) is 1. The molecule has 1 aromatic heterocycles. The summed E-state index contributed by atoms with van der Waals surface area (Å²) >= 11 is 0. The monoisotopic (exact) mass is 242 g/mol. The van der Waals surface area contributed by atoms with Gasteiger partial charge in [-0.15, -0.1) is 0 Å². The average molecular weight is 242 g/mol. The molecule has 0 spiro atoms. The van der Waals surface area contributed by atoms with Crippen LogP contribution in [-0.2, 0) is 6.54 Å². The minimum atomic E-state index is 0.809. The number of aromatic nitrogens is 3. The highest BCUT2D eigenvalue weighted by atomic mass is 15.5. The summed E-state index contributed by atoms with van der Waals surface area (Å²) in [7, 11) is 0. The van der Waals surface area contributed by atoms with E-state index in [4.69, 9.17) is 0 Å². The quantitative estimate of drug-likeness (QED) is 0.873. The third kappa shape index (κ3) is 2.59. The van der Waals surface area contributed by atoms with Gasteiger partial charge in [0.05, 0.1) is 17.6 Å². The van der Waals surface area contributed by atoms with Crippen LogP contribution in [0.25, 0.3) is 5.69 Å². The Labute approximate surface area is 107 Å². The van der Waals surface area contributed by atoms with Crippen LogP contribution in [0.3, 0.4) is 0 Å². The summed E-state index contributed by atoms with van der Waals surface area (Å²) < 4.78 is 0. The third-order valence-electron chi connectivity index (χ3n) is 3.49. The van der Waals surface area contributed by atoms with Crippen molar-refractivity contribution in [3.63, 3.8) is 0 Å². The summed E-state index contributed by atoms with van der Waals surface area (Å²) in [5.74, 6) is 0.883. The van der Waals surface area contributed by atoms with Crippen molar-refractivity contribution >= 4 is 0 Å². The summed E-state index contributed by atoms with van der Waals surface area (Å²) in [4.78, 5) is 1.68. The largest absolute Gasteiger partial charge is 0.311 e. The van der Waals surface area contributed by atoms with Gasteiger partial charge < -0.3 is 5.32 Å². The number of hydrogen-bond donors (Lipinski definition) is 1. The van der Waals surface area contributed by atoms with E-state index < -0.39 is 0 Å². The standard InChI is InChI=1S/C14H18N4/c1-2-7-14(8-3-1)18-16-11-13(17-18)10-15-9-12-5-4-6-12/h1-3,7-8,11-12,15H,4-6,9-10H2. The maximum atomic E-state index is 4.46. The Bertz CT molecular complexity index is 488. The molecule has 0 saturated heterocycles. The van der Waals surface area contributed by atoms with Gasteiger partial charge in [-0.1, -0.05) is 24.6 Å². The Balaban J connectivity index is 1.56. The zero-order valence-corrected chi connectivity index (χ0v) is 10.4. The van der Waals surface area contributed by atoms with Crippen LogP contribution in [0.5, 0.6) is 0 Å². The van der Waals surface area contributed by atoms with Crippen molar-refractivity contribution < 1.29 is 0 Å². The van der Waals surface area contributed by atoms with Gasteiger partial charge in [0, 0.05) is 6.54 Å². The SMILES string of the molecule is c1ccc(-n2ncc(CNCC3CCC3)n2)cc1. The first-order valence-electron chi connectivity index (χ1n) is 6.59. The van der Waals surface area contributed by atoms with E-state index in [2.05, 4.69) is 15.5 Å². The van der Waals surface area contributed by atoms with E-state index in [1.54, 1.807) is 4.80 Å². The molecular weight excluding hydrogens is 224 g/mol. The summed E-state index contributed by atoms with van der Waals surface area (Å²) in [6, 6.07) is 9.99. The van der Waals surface area contributed by atoms with Crippen LogP contribution in [-0.4, -0.2) is 21.5 Å². The second-order valence-corrected chi connectivity index (χ2v) is 4.89. The molecule has 1 fully saturated rings. The Morgan fingerprint density at radius 2 is 2.06 bits per heavy atom. The maximum absolute atomic E-state index is 4.46. The number of rotatable bonds is 5. The molecule has 1 aromatic carbocycles. The first-order chi connectivity index (χ1) is 8.92. The molecule has 0 amide bonds. The van der Waals surface area contributed by atoms with E-state index in [-0.39, 0.29) is 0 Å². The van der Waals surface area contributed by atoms with Gasteiger partial charge in [0.1, 0.15) is 0 Å². The van der Waals surface area contributed by atoms with E-state index in [1.165, 1.54) is 19.3 Å². The smallest absolute Gasteiger partial charge is 0.0969 e. The summed E-state index contributed by atoms with van der Waals surface area (Å²) in [6.45, 7) is 1.92. The van der Waals surface area contributed by atoms with Crippen LogP contribution >= 0.6 is 0 Å². The Morgan fingerprint density at radius 3 is 2.78 bits per heavy atom. The second kappa shape index (κ2) is 5.31. The predicted molar refractivity (Wildman–Crippen MR) is 70.4 cm³/mol. The fourth-order valence-corrected chi connectivity index (χ4v) is 2.16. The molecule has 18 heavy (non-hydrogen) atoms. The first-order valence-corrected chi connectivity index (χ1v) is 6.59. The fraction of sp³-hybridized carbons (Fsp3) is 0.429. The first kappa shape index (κ1) is 11.4. The highest BCUT2D eigenvalue weighted by molar-refractivity contribution is 5.28. The van der Waals surface area contributed by atoms with E-state index in [0.717, 1.165) is 30.4 Å². The second-order valence-electron chi connectivity index (χ2n) is 4.89. The molecule has 94 valence electrons. The molecule has 3 rings (SSSR count). The van der Waals surface area contributed by atoms with Crippen LogP contribution in [0.15, 0.2) is 36.5 Å². The highest BCUT2D eigenvalue weighted by Gasteiger charge is 2.16. The normalized spacial score (nSPS) is 15.6. The molecule has 0 aliphatic heterocycles. The zero-order valence-electron chi connectivity index (χ0n) is 10.4. The lowest BCUT2D eigenvalue weighted by atomic mass is 9.85. The summed E-state index contributed by atoms with van der Waals surface area (Å²) in [6.07, 6.45) is 5.99. The average Bonchev–Trinajstić information content (AvgIpc) is 2.82. The topological polar surface area (TPSA) is 42.7 Å². The van der Waals surface area contributed by atoms with Crippen LogP contribution in [0.1, 0.15) is 25.0 Å². The Hall–Kier alpha value is -1.68. The molecule has 1 heterocycles. The minimum absolute atomic E-state index is 0.809. The summed E-state index contributed by atoms with van der Waals surface area (Å²) in [5.41, 5.74) is 2.00. The number of nitrogens with zero attached hydrogens (tertiary/aromatic N) is 3.